The Bertz CT molecular complexity index is 668. The third kappa shape index (κ3) is 6.38. The lowest BCUT2D eigenvalue weighted by Gasteiger charge is -2.31. The second-order valence-electron chi connectivity index (χ2n) is 7.19. The van der Waals surface area contributed by atoms with Gasteiger partial charge in [0.15, 0.2) is 0 Å². The number of hydrogen-bond donors (Lipinski definition) is 2. The zero-order chi connectivity index (χ0) is 19.4. The van der Waals surface area contributed by atoms with Crippen molar-refractivity contribution in [1.82, 2.24) is 5.32 Å². The van der Waals surface area contributed by atoms with Crippen LogP contribution in [0.5, 0.6) is 0 Å². The standard InChI is InChI=1S/C18H24ClNO5/c1-11(21)14(12-7-6-8-13(19)9-12)10-18(5,15(22)23)20-16(24)25-17(2,3)4/h6-9,14H,10H2,1-5H3,(H,20,24)(H,22,23). The second-order valence-corrected chi connectivity index (χ2v) is 7.62. The Hall–Kier alpha value is -2.08. The highest BCUT2D eigenvalue weighted by Gasteiger charge is 2.40. The van der Waals surface area contributed by atoms with Crippen LogP contribution >= 0.6 is 11.6 Å². The zero-order valence-corrected chi connectivity index (χ0v) is 15.8. The van der Waals surface area contributed by atoms with Crippen molar-refractivity contribution in [1.29, 1.82) is 0 Å². The summed E-state index contributed by atoms with van der Waals surface area (Å²) in [5.41, 5.74) is -1.85. The van der Waals surface area contributed by atoms with Crippen molar-refractivity contribution >= 4 is 29.4 Å². The molecular formula is C18H24ClNO5. The summed E-state index contributed by atoms with van der Waals surface area (Å²) >= 11 is 5.97. The van der Waals surface area contributed by atoms with E-state index in [0.29, 0.717) is 10.6 Å². The fraction of sp³-hybridized carbons (Fsp3) is 0.500. The van der Waals surface area contributed by atoms with E-state index in [9.17, 15) is 19.5 Å². The monoisotopic (exact) mass is 369 g/mol. The first-order valence-electron chi connectivity index (χ1n) is 7.84. The first-order valence-corrected chi connectivity index (χ1v) is 8.22. The topological polar surface area (TPSA) is 92.7 Å². The highest BCUT2D eigenvalue weighted by molar-refractivity contribution is 6.30. The zero-order valence-electron chi connectivity index (χ0n) is 15.1. The number of carbonyl (C=O) groups excluding carboxylic acids is 2. The van der Waals surface area contributed by atoms with Crippen LogP contribution in [0.1, 0.15) is 52.5 Å². The predicted octanol–water partition coefficient (Wildman–Crippen LogP) is 3.77. The molecule has 0 saturated heterocycles. The molecule has 0 bridgehead atoms. The van der Waals surface area contributed by atoms with Crippen LogP contribution in [0.15, 0.2) is 24.3 Å². The predicted molar refractivity (Wildman–Crippen MR) is 94.9 cm³/mol. The number of alkyl carbamates (subject to hydrolysis) is 1. The minimum absolute atomic E-state index is 0.128. The summed E-state index contributed by atoms with van der Waals surface area (Å²) in [6.45, 7) is 7.75. The molecule has 6 nitrogen and oxygen atoms in total. The highest BCUT2D eigenvalue weighted by atomic mass is 35.5. The van der Waals surface area contributed by atoms with Crippen molar-refractivity contribution < 1.29 is 24.2 Å². The largest absolute Gasteiger partial charge is 0.480 e. The van der Waals surface area contributed by atoms with Crippen LogP contribution in [0, 0.1) is 0 Å². The minimum atomic E-state index is -1.68. The molecule has 2 unspecified atom stereocenters. The van der Waals surface area contributed by atoms with Crippen molar-refractivity contribution in [2.24, 2.45) is 0 Å². The maximum Gasteiger partial charge on any atom is 0.408 e. The fourth-order valence-corrected chi connectivity index (χ4v) is 2.55. The number of Topliss-reactive ketones (excluding diaryl/α,β-unsaturated/α-hetero) is 1. The van der Waals surface area contributed by atoms with Crippen LogP contribution in [0.25, 0.3) is 0 Å². The van der Waals surface area contributed by atoms with E-state index in [-0.39, 0.29) is 12.2 Å². The molecule has 0 fully saturated rings. The van der Waals surface area contributed by atoms with Gasteiger partial charge in [0.2, 0.25) is 0 Å². The molecule has 1 rings (SSSR count). The number of carbonyl (C=O) groups is 3. The summed E-state index contributed by atoms with van der Waals surface area (Å²) in [5.74, 6) is -2.21. The number of amides is 1. The molecule has 7 heteroatoms. The van der Waals surface area contributed by atoms with Crippen LogP contribution < -0.4 is 5.32 Å². The number of ether oxygens (including phenoxy) is 1. The average molecular weight is 370 g/mol. The van der Waals surface area contributed by atoms with Crippen molar-refractivity contribution in [2.45, 2.75) is 58.1 Å². The molecular weight excluding hydrogens is 346 g/mol. The maximum absolute atomic E-state index is 12.1. The van der Waals surface area contributed by atoms with Gasteiger partial charge in [-0.05, 0) is 58.7 Å². The Morgan fingerprint density at radius 2 is 1.84 bits per heavy atom. The summed E-state index contributed by atoms with van der Waals surface area (Å²) in [5, 5.41) is 12.4. The molecule has 0 spiro atoms. The first-order chi connectivity index (χ1) is 11.3. The van der Waals surface area contributed by atoms with Crippen molar-refractivity contribution in [3.63, 3.8) is 0 Å². The second kappa shape index (κ2) is 7.87. The van der Waals surface area contributed by atoms with E-state index < -0.39 is 29.1 Å². The smallest absolute Gasteiger partial charge is 0.408 e. The van der Waals surface area contributed by atoms with Gasteiger partial charge in [-0.1, -0.05) is 23.7 Å². The van der Waals surface area contributed by atoms with Gasteiger partial charge in [-0.25, -0.2) is 9.59 Å². The summed E-state index contributed by atoms with van der Waals surface area (Å²) in [7, 11) is 0. The summed E-state index contributed by atoms with van der Waals surface area (Å²) in [6.07, 6.45) is -0.983. The maximum atomic E-state index is 12.1. The number of nitrogens with one attached hydrogen (secondary N) is 1. The Kier molecular flexibility index (Phi) is 6.60. The van der Waals surface area contributed by atoms with E-state index in [1.165, 1.54) is 13.8 Å². The molecule has 0 saturated carbocycles. The third-order valence-electron chi connectivity index (χ3n) is 3.60. The summed E-state index contributed by atoms with van der Waals surface area (Å²) in [4.78, 5) is 35.9. The third-order valence-corrected chi connectivity index (χ3v) is 3.84. The van der Waals surface area contributed by atoms with E-state index in [2.05, 4.69) is 5.32 Å². The number of hydrogen-bond acceptors (Lipinski definition) is 4. The molecule has 1 aromatic carbocycles. The van der Waals surface area contributed by atoms with Crippen LogP contribution in [0.2, 0.25) is 5.02 Å². The molecule has 1 aromatic rings. The lowest BCUT2D eigenvalue weighted by atomic mass is 9.82. The van der Waals surface area contributed by atoms with Gasteiger partial charge in [-0.3, -0.25) is 4.79 Å². The number of ketones is 1. The van der Waals surface area contributed by atoms with Gasteiger partial charge in [0.25, 0.3) is 0 Å². The molecule has 138 valence electrons. The van der Waals surface area contributed by atoms with Crippen LogP contribution in [-0.4, -0.2) is 34.1 Å². The Morgan fingerprint density at radius 3 is 2.28 bits per heavy atom. The quantitative estimate of drug-likeness (QED) is 0.796. The van der Waals surface area contributed by atoms with Crippen molar-refractivity contribution in [2.75, 3.05) is 0 Å². The van der Waals surface area contributed by atoms with Crippen molar-refractivity contribution in [3.8, 4) is 0 Å². The van der Waals surface area contributed by atoms with Crippen LogP contribution in [0.4, 0.5) is 4.79 Å². The molecule has 0 aromatic heterocycles. The number of benzene rings is 1. The van der Waals surface area contributed by atoms with E-state index in [1.54, 1.807) is 45.0 Å². The van der Waals surface area contributed by atoms with Gasteiger partial charge in [-0.15, -0.1) is 0 Å². The molecule has 1 amide bonds. The normalized spacial score (nSPS) is 15.0. The van der Waals surface area contributed by atoms with E-state index in [0.717, 1.165) is 0 Å². The number of carboxylic acids is 1. The number of rotatable bonds is 6. The lowest BCUT2D eigenvalue weighted by molar-refractivity contribution is -0.144. The highest BCUT2D eigenvalue weighted by Crippen LogP contribution is 2.29. The van der Waals surface area contributed by atoms with Gasteiger partial charge in [0.1, 0.15) is 16.9 Å². The Labute approximate surface area is 152 Å². The molecule has 0 aliphatic carbocycles. The molecule has 2 N–H and O–H groups in total. The van der Waals surface area contributed by atoms with Gasteiger partial charge in [-0.2, -0.15) is 0 Å². The lowest BCUT2D eigenvalue weighted by Crippen LogP contribution is -2.54. The summed E-state index contributed by atoms with van der Waals surface area (Å²) < 4.78 is 5.13. The van der Waals surface area contributed by atoms with E-state index in [1.807, 2.05) is 0 Å². The molecule has 0 radical (unpaired) electrons. The summed E-state index contributed by atoms with van der Waals surface area (Å²) in [6, 6.07) is 6.67. The van der Waals surface area contributed by atoms with E-state index >= 15 is 0 Å². The molecule has 0 heterocycles. The molecule has 0 aliphatic rings. The average Bonchev–Trinajstić information content (AvgIpc) is 2.42. The first kappa shape index (κ1) is 21.0. The molecule has 25 heavy (non-hydrogen) atoms. The number of carboxylic acid groups (broad SMARTS) is 1. The number of halogens is 1. The van der Waals surface area contributed by atoms with Gasteiger partial charge in [0, 0.05) is 10.9 Å². The van der Waals surface area contributed by atoms with Crippen LogP contribution in [0.3, 0.4) is 0 Å². The molecule has 0 aliphatic heterocycles. The van der Waals surface area contributed by atoms with Gasteiger partial charge in [0.05, 0.1) is 0 Å². The minimum Gasteiger partial charge on any atom is -0.480 e. The fourth-order valence-electron chi connectivity index (χ4n) is 2.35. The molecule has 2 atom stereocenters. The SMILES string of the molecule is CC(=O)C(CC(C)(NC(=O)OC(C)(C)C)C(=O)O)c1cccc(Cl)c1. The van der Waals surface area contributed by atoms with Gasteiger partial charge < -0.3 is 15.2 Å². The van der Waals surface area contributed by atoms with E-state index in [4.69, 9.17) is 16.3 Å². The number of aliphatic carboxylic acids is 1. The Morgan fingerprint density at radius 1 is 1.24 bits per heavy atom. The Balaban J connectivity index is 3.09. The van der Waals surface area contributed by atoms with Crippen molar-refractivity contribution in [3.05, 3.63) is 34.9 Å². The van der Waals surface area contributed by atoms with Gasteiger partial charge >= 0.3 is 12.1 Å². The van der Waals surface area contributed by atoms with Crippen LogP contribution in [-0.2, 0) is 14.3 Å².